The van der Waals surface area contributed by atoms with Gasteiger partial charge in [0.25, 0.3) is 0 Å². The van der Waals surface area contributed by atoms with Crippen molar-refractivity contribution in [2.24, 2.45) is 5.92 Å². The molecule has 1 unspecified atom stereocenters. The SMILES string of the molecule is CC(CCNC(=O)NCC(C)(C)S(C)(=O)=O)C(=O)O. The minimum Gasteiger partial charge on any atom is -0.481 e. The maximum atomic E-state index is 11.4. The third kappa shape index (κ3) is 6.42. The van der Waals surface area contributed by atoms with Crippen molar-refractivity contribution in [3.63, 3.8) is 0 Å². The Morgan fingerprint density at radius 1 is 1.26 bits per heavy atom. The average molecular weight is 294 g/mol. The fraction of sp³-hybridized carbons (Fsp3) is 0.818. The van der Waals surface area contributed by atoms with Crippen LogP contribution in [0.1, 0.15) is 27.2 Å². The van der Waals surface area contributed by atoms with Gasteiger partial charge in [-0.1, -0.05) is 6.92 Å². The van der Waals surface area contributed by atoms with Gasteiger partial charge in [0.15, 0.2) is 9.84 Å². The van der Waals surface area contributed by atoms with Gasteiger partial charge in [-0.15, -0.1) is 0 Å². The average Bonchev–Trinajstić information content (AvgIpc) is 2.24. The highest BCUT2D eigenvalue weighted by atomic mass is 32.2. The third-order valence-corrected chi connectivity index (χ3v) is 5.11. The first-order valence-electron chi connectivity index (χ1n) is 5.91. The Morgan fingerprint density at radius 2 is 1.79 bits per heavy atom. The normalized spacial score (nSPS) is 13.7. The van der Waals surface area contributed by atoms with Gasteiger partial charge < -0.3 is 15.7 Å². The fourth-order valence-corrected chi connectivity index (χ4v) is 1.35. The Hall–Kier alpha value is -1.31. The second kappa shape index (κ2) is 6.74. The molecule has 0 aliphatic heterocycles. The molecule has 0 aliphatic carbocycles. The molecule has 19 heavy (non-hydrogen) atoms. The second-order valence-corrected chi connectivity index (χ2v) is 7.82. The highest BCUT2D eigenvalue weighted by Crippen LogP contribution is 2.13. The van der Waals surface area contributed by atoms with Crippen molar-refractivity contribution in [3.05, 3.63) is 0 Å². The molecule has 0 aromatic rings. The van der Waals surface area contributed by atoms with Gasteiger partial charge in [0, 0.05) is 19.3 Å². The number of hydrogen-bond acceptors (Lipinski definition) is 4. The van der Waals surface area contributed by atoms with E-state index in [1.54, 1.807) is 6.92 Å². The van der Waals surface area contributed by atoms with Gasteiger partial charge in [-0.05, 0) is 20.3 Å². The summed E-state index contributed by atoms with van der Waals surface area (Å²) in [6, 6.07) is -0.505. The standard InChI is InChI=1S/C11H22N2O5S/c1-8(9(14)15)5-6-12-10(16)13-7-11(2,3)19(4,17)18/h8H,5-7H2,1-4H3,(H,14,15)(H2,12,13,16). The van der Waals surface area contributed by atoms with E-state index in [0.717, 1.165) is 6.26 Å². The Morgan fingerprint density at radius 3 is 2.21 bits per heavy atom. The van der Waals surface area contributed by atoms with Gasteiger partial charge in [-0.2, -0.15) is 0 Å². The Labute approximate surface area is 113 Å². The molecule has 0 radical (unpaired) electrons. The molecule has 0 bridgehead atoms. The quantitative estimate of drug-likeness (QED) is 0.621. The topological polar surface area (TPSA) is 113 Å². The Bertz CT molecular complexity index is 430. The molecule has 0 fully saturated rings. The third-order valence-electron chi connectivity index (χ3n) is 2.96. The van der Waals surface area contributed by atoms with Crippen molar-refractivity contribution in [2.45, 2.75) is 31.9 Å². The summed E-state index contributed by atoms with van der Waals surface area (Å²) < 4.78 is 21.8. The van der Waals surface area contributed by atoms with Crippen LogP contribution >= 0.6 is 0 Å². The van der Waals surface area contributed by atoms with E-state index >= 15 is 0 Å². The summed E-state index contributed by atoms with van der Waals surface area (Å²) in [6.07, 6.45) is 1.43. The first-order chi connectivity index (χ1) is 8.47. The van der Waals surface area contributed by atoms with E-state index in [1.807, 2.05) is 0 Å². The molecule has 0 aliphatic rings. The second-order valence-electron chi connectivity index (χ2n) is 5.17. The maximum absolute atomic E-state index is 11.4. The van der Waals surface area contributed by atoms with Gasteiger partial charge in [-0.25, -0.2) is 13.2 Å². The van der Waals surface area contributed by atoms with E-state index in [1.165, 1.54) is 13.8 Å². The molecule has 0 aromatic carbocycles. The van der Waals surface area contributed by atoms with E-state index < -0.39 is 32.5 Å². The summed E-state index contributed by atoms with van der Waals surface area (Å²) in [5.41, 5.74) is 0. The van der Waals surface area contributed by atoms with Crippen LogP contribution in [0.15, 0.2) is 0 Å². The Balaban J connectivity index is 4.05. The van der Waals surface area contributed by atoms with Crippen LogP contribution in [0.3, 0.4) is 0 Å². The lowest BCUT2D eigenvalue weighted by Crippen LogP contribution is -2.47. The number of amides is 2. The van der Waals surface area contributed by atoms with Crippen LogP contribution in [0.4, 0.5) is 4.79 Å². The van der Waals surface area contributed by atoms with Crippen LogP contribution in [-0.2, 0) is 14.6 Å². The lowest BCUT2D eigenvalue weighted by atomic mass is 10.1. The molecular weight excluding hydrogens is 272 g/mol. The van der Waals surface area contributed by atoms with Crippen LogP contribution in [-0.4, -0.2) is 49.6 Å². The summed E-state index contributed by atoms with van der Waals surface area (Å²) in [6.45, 7) is 4.81. The molecule has 0 saturated carbocycles. The lowest BCUT2D eigenvalue weighted by Gasteiger charge is -2.22. The molecule has 8 heteroatoms. The zero-order valence-corrected chi connectivity index (χ0v) is 12.5. The smallest absolute Gasteiger partial charge is 0.314 e. The molecule has 3 N–H and O–H groups in total. The summed E-state index contributed by atoms with van der Waals surface area (Å²) in [7, 11) is -3.26. The minimum absolute atomic E-state index is 0.00779. The van der Waals surface area contributed by atoms with Gasteiger partial charge in [0.05, 0.1) is 10.7 Å². The minimum atomic E-state index is -3.26. The summed E-state index contributed by atoms with van der Waals surface area (Å²) in [4.78, 5) is 22.0. The van der Waals surface area contributed by atoms with Gasteiger partial charge in [0.1, 0.15) is 0 Å². The number of sulfone groups is 1. The molecule has 0 aromatic heterocycles. The molecule has 0 saturated heterocycles. The first-order valence-corrected chi connectivity index (χ1v) is 7.80. The van der Waals surface area contributed by atoms with Crippen molar-refractivity contribution in [1.82, 2.24) is 10.6 Å². The predicted octanol–water partition coefficient (Wildman–Crippen LogP) is 0.220. The lowest BCUT2D eigenvalue weighted by molar-refractivity contribution is -0.141. The van der Waals surface area contributed by atoms with Crippen LogP contribution in [0.2, 0.25) is 0 Å². The van der Waals surface area contributed by atoms with E-state index in [0.29, 0.717) is 6.42 Å². The van der Waals surface area contributed by atoms with Crippen molar-refractivity contribution >= 4 is 21.8 Å². The molecule has 7 nitrogen and oxygen atoms in total. The zero-order chi connectivity index (χ0) is 15.3. The molecule has 2 amide bonds. The number of rotatable bonds is 7. The highest BCUT2D eigenvalue weighted by Gasteiger charge is 2.30. The van der Waals surface area contributed by atoms with E-state index in [4.69, 9.17) is 5.11 Å². The van der Waals surface area contributed by atoms with Crippen molar-refractivity contribution < 1.29 is 23.1 Å². The highest BCUT2D eigenvalue weighted by molar-refractivity contribution is 7.92. The van der Waals surface area contributed by atoms with Crippen LogP contribution in [0, 0.1) is 5.92 Å². The summed E-state index contributed by atoms with van der Waals surface area (Å²) >= 11 is 0. The zero-order valence-electron chi connectivity index (χ0n) is 11.7. The molecular formula is C11H22N2O5S. The fourth-order valence-electron chi connectivity index (χ4n) is 1.01. The van der Waals surface area contributed by atoms with Crippen molar-refractivity contribution in [2.75, 3.05) is 19.3 Å². The largest absolute Gasteiger partial charge is 0.481 e. The van der Waals surface area contributed by atoms with Gasteiger partial charge in [0.2, 0.25) is 0 Å². The molecule has 0 rings (SSSR count). The number of urea groups is 1. The van der Waals surface area contributed by atoms with Crippen molar-refractivity contribution in [1.29, 1.82) is 0 Å². The van der Waals surface area contributed by atoms with Crippen molar-refractivity contribution in [3.8, 4) is 0 Å². The summed E-state index contributed by atoms with van der Waals surface area (Å²) in [5, 5.41) is 13.6. The van der Waals surface area contributed by atoms with Crippen LogP contribution < -0.4 is 10.6 Å². The van der Waals surface area contributed by atoms with E-state index in [2.05, 4.69) is 10.6 Å². The molecule has 0 spiro atoms. The summed E-state index contributed by atoms with van der Waals surface area (Å²) in [5.74, 6) is -1.45. The van der Waals surface area contributed by atoms with Crippen LogP contribution in [0.25, 0.3) is 0 Å². The number of carbonyl (C=O) groups is 2. The Kier molecular flexibility index (Phi) is 6.28. The number of aliphatic carboxylic acids is 1. The number of hydrogen-bond donors (Lipinski definition) is 3. The number of carbonyl (C=O) groups excluding carboxylic acids is 1. The van der Waals surface area contributed by atoms with Gasteiger partial charge >= 0.3 is 12.0 Å². The number of carboxylic acids is 1. The van der Waals surface area contributed by atoms with E-state index in [9.17, 15) is 18.0 Å². The van der Waals surface area contributed by atoms with Crippen LogP contribution in [0.5, 0.6) is 0 Å². The molecule has 1 atom stereocenters. The number of carboxylic acid groups (broad SMARTS) is 1. The van der Waals surface area contributed by atoms with E-state index in [-0.39, 0.29) is 13.1 Å². The predicted molar refractivity (Wildman–Crippen MR) is 71.7 cm³/mol. The monoisotopic (exact) mass is 294 g/mol. The first kappa shape index (κ1) is 17.7. The molecule has 0 heterocycles. The van der Waals surface area contributed by atoms with Gasteiger partial charge in [-0.3, -0.25) is 4.79 Å². The number of nitrogens with one attached hydrogen (secondary N) is 2. The maximum Gasteiger partial charge on any atom is 0.314 e. The molecule has 112 valence electrons.